The van der Waals surface area contributed by atoms with E-state index >= 15 is 0 Å². The lowest BCUT2D eigenvalue weighted by Crippen LogP contribution is -2.45. The van der Waals surface area contributed by atoms with Crippen LogP contribution in [0.2, 0.25) is 0 Å². The van der Waals surface area contributed by atoms with Crippen molar-refractivity contribution in [1.82, 2.24) is 4.90 Å². The largest absolute Gasteiger partial charge is 0.496 e. The Labute approximate surface area is 147 Å². The summed E-state index contributed by atoms with van der Waals surface area (Å²) in [6.45, 7) is 7.81. The maximum absolute atomic E-state index is 6.37. The molecule has 1 aromatic carbocycles. The summed E-state index contributed by atoms with van der Waals surface area (Å²) >= 11 is 0. The van der Waals surface area contributed by atoms with Crippen molar-refractivity contribution in [2.24, 2.45) is 5.92 Å². The van der Waals surface area contributed by atoms with Crippen molar-refractivity contribution in [3.8, 4) is 5.75 Å². The predicted molar refractivity (Wildman–Crippen MR) is 98.8 cm³/mol. The molecule has 0 radical (unpaired) electrons. The van der Waals surface area contributed by atoms with Crippen LogP contribution in [0.1, 0.15) is 50.2 Å². The molecule has 1 heterocycles. The summed E-state index contributed by atoms with van der Waals surface area (Å²) in [6, 6.07) is 7.14. The second kappa shape index (κ2) is 8.35. The van der Waals surface area contributed by atoms with E-state index in [1.54, 1.807) is 7.11 Å². The van der Waals surface area contributed by atoms with Crippen molar-refractivity contribution in [1.29, 1.82) is 0 Å². The van der Waals surface area contributed by atoms with Gasteiger partial charge < -0.3 is 9.47 Å². The first-order valence-electron chi connectivity index (χ1n) is 9.66. The third kappa shape index (κ3) is 4.31. The van der Waals surface area contributed by atoms with Gasteiger partial charge in [-0.1, -0.05) is 31.9 Å². The van der Waals surface area contributed by atoms with Crippen LogP contribution >= 0.6 is 0 Å². The summed E-state index contributed by atoms with van der Waals surface area (Å²) in [6.07, 6.45) is 7.98. The smallest absolute Gasteiger partial charge is 0.122 e. The highest BCUT2D eigenvalue weighted by molar-refractivity contribution is 5.36. The van der Waals surface area contributed by atoms with Crippen LogP contribution in [-0.2, 0) is 11.2 Å². The molecule has 3 heteroatoms. The molecular formula is C21H33NO2. The number of rotatable bonds is 6. The van der Waals surface area contributed by atoms with Crippen LogP contribution in [-0.4, -0.2) is 43.9 Å². The molecule has 1 saturated heterocycles. The van der Waals surface area contributed by atoms with Crippen LogP contribution in [0.5, 0.6) is 5.75 Å². The number of hydrogen-bond donors (Lipinski definition) is 0. The number of benzene rings is 1. The van der Waals surface area contributed by atoms with E-state index in [1.807, 2.05) is 0 Å². The van der Waals surface area contributed by atoms with Gasteiger partial charge in [-0.3, -0.25) is 4.90 Å². The van der Waals surface area contributed by atoms with Crippen LogP contribution in [0.3, 0.4) is 0 Å². The third-order valence-corrected chi connectivity index (χ3v) is 5.79. The lowest BCUT2D eigenvalue weighted by atomic mass is 9.91. The highest BCUT2D eigenvalue weighted by Gasteiger charge is 2.33. The highest BCUT2D eigenvalue weighted by Crippen LogP contribution is 2.30. The lowest BCUT2D eigenvalue weighted by Gasteiger charge is -2.38. The number of hydrogen-bond acceptors (Lipinski definition) is 3. The predicted octanol–water partition coefficient (Wildman–Crippen LogP) is 4.22. The summed E-state index contributed by atoms with van der Waals surface area (Å²) in [7, 11) is 1.74. The Morgan fingerprint density at radius 3 is 2.75 bits per heavy atom. The normalized spacial score (nSPS) is 28.2. The average Bonchev–Trinajstić information content (AvgIpc) is 3.03. The summed E-state index contributed by atoms with van der Waals surface area (Å²) < 4.78 is 11.8. The fourth-order valence-corrected chi connectivity index (χ4v) is 4.31. The fraction of sp³-hybridized carbons (Fsp3) is 0.714. The monoisotopic (exact) mass is 331 g/mol. The van der Waals surface area contributed by atoms with Crippen LogP contribution in [0, 0.1) is 12.8 Å². The Hall–Kier alpha value is -1.06. The van der Waals surface area contributed by atoms with Crippen molar-refractivity contribution in [2.45, 2.75) is 64.5 Å². The Kier molecular flexibility index (Phi) is 6.18. The minimum absolute atomic E-state index is 0.427. The van der Waals surface area contributed by atoms with Crippen LogP contribution in [0.4, 0.5) is 0 Å². The minimum Gasteiger partial charge on any atom is -0.496 e. The molecule has 134 valence electrons. The molecule has 3 rings (SSSR count). The van der Waals surface area contributed by atoms with Gasteiger partial charge in [-0.15, -0.1) is 0 Å². The summed E-state index contributed by atoms with van der Waals surface area (Å²) in [5.41, 5.74) is 2.50. The molecule has 2 aliphatic rings. The molecule has 0 bridgehead atoms. The molecule has 1 aromatic rings. The van der Waals surface area contributed by atoms with Crippen molar-refractivity contribution < 1.29 is 9.47 Å². The number of nitrogens with zero attached hydrogens (tertiary/aromatic N) is 1. The van der Waals surface area contributed by atoms with Gasteiger partial charge >= 0.3 is 0 Å². The SMILES string of the molecule is COc1cc(CCOC2CCCC[C@H]2N2CC[C@@H](C)C2)ccc1C. The third-order valence-electron chi connectivity index (χ3n) is 5.79. The molecule has 0 aromatic heterocycles. The second-order valence-corrected chi connectivity index (χ2v) is 7.70. The molecule has 1 aliphatic heterocycles. The zero-order chi connectivity index (χ0) is 16.9. The molecule has 0 amide bonds. The first kappa shape index (κ1) is 17.8. The van der Waals surface area contributed by atoms with Crippen LogP contribution < -0.4 is 4.74 Å². The summed E-state index contributed by atoms with van der Waals surface area (Å²) in [5, 5.41) is 0. The number of ether oxygens (including phenoxy) is 2. The van der Waals surface area contributed by atoms with Gasteiger partial charge in [0.25, 0.3) is 0 Å². The van der Waals surface area contributed by atoms with E-state index in [0.29, 0.717) is 12.1 Å². The number of aryl methyl sites for hydroxylation is 1. The maximum Gasteiger partial charge on any atom is 0.122 e. The zero-order valence-corrected chi connectivity index (χ0v) is 15.6. The van der Waals surface area contributed by atoms with Gasteiger partial charge in [0.05, 0.1) is 19.8 Å². The number of likely N-dealkylation sites (tertiary alicyclic amines) is 1. The van der Waals surface area contributed by atoms with Gasteiger partial charge in [0.1, 0.15) is 5.75 Å². The molecule has 0 N–H and O–H groups in total. The van der Waals surface area contributed by atoms with Gasteiger partial charge in [0.15, 0.2) is 0 Å². The molecule has 0 spiro atoms. The topological polar surface area (TPSA) is 21.7 Å². The maximum atomic E-state index is 6.37. The number of methoxy groups -OCH3 is 1. The van der Waals surface area contributed by atoms with Crippen LogP contribution in [0.15, 0.2) is 18.2 Å². The van der Waals surface area contributed by atoms with Crippen molar-refractivity contribution in [3.05, 3.63) is 29.3 Å². The molecule has 2 fully saturated rings. The zero-order valence-electron chi connectivity index (χ0n) is 15.6. The van der Waals surface area contributed by atoms with E-state index in [2.05, 4.69) is 36.9 Å². The van der Waals surface area contributed by atoms with Gasteiger partial charge in [0, 0.05) is 12.6 Å². The quantitative estimate of drug-likeness (QED) is 0.779. The average molecular weight is 332 g/mol. The summed E-state index contributed by atoms with van der Waals surface area (Å²) in [5.74, 6) is 1.83. The summed E-state index contributed by atoms with van der Waals surface area (Å²) in [4.78, 5) is 2.70. The van der Waals surface area contributed by atoms with Crippen LogP contribution in [0.25, 0.3) is 0 Å². The first-order valence-corrected chi connectivity index (χ1v) is 9.66. The van der Waals surface area contributed by atoms with E-state index in [-0.39, 0.29) is 0 Å². The second-order valence-electron chi connectivity index (χ2n) is 7.70. The van der Waals surface area contributed by atoms with Gasteiger partial charge in [-0.25, -0.2) is 0 Å². The van der Waals surface area contributed by atoms with Crippen molar-refractivity contribution >= 4 is 0 Å². The van der Waals surface area contributed by atoms with Crippen molar-refractivity contribution in [3.63, 3.8) is 0 Å². The minimum atomic E-state index is 0.427. The van der Waals surface area contributed by atoms with Gasteiger partial charge in [-0.05, 0) is 62.3 Å². The standard InChI is InChI=1S/C21H33NO2/c1-16-10-12-22(15-16)19-6-4-5-7-20(19)24-13-11-18-9-8-17(2)21(14-18)23-3/h8-9,14,16,19-20H,4-7,10-13,15H2,1-3H3/t16-,19-,20?/m1/s1. The molecule has 24 heavy (non-hydrogen) atoms. The molecule has 1 unspecified atom stereocenters. The Bertz CT molecular complexity index is 531. The van der Waals surface area contributed by atoms with E-state index in [0.717, 1.165) is 24.7 Å². The molecule has 3 atom stereocenters. The van der Waals surface area contributed by atoms with Gasteiger partial charge in [-0.2, -0.15) is 0 Å². The molecule has 1 aliphatic carbocycles. The van der Waals surface area contributed by atoms with Crippen molar-refractivity contribution in [2.75, 3.05) is 26.8 Å². The van der Waals surface area contributed by atoms with E-state index in [4.69, 9.17) is 9.47 Å². The van der Waals surface area contributed by atoms with E-state index in [1.165, 1.54) is 56.3 Å². The highest BCUT2D eigenvalue weighted by atomic mass is 16.5. The Morgan fingerprint density at radius 1 is 1.17 bits per heavy atom. The molecule has 3 nitrogen and oxygen atoms in total. The van der Waals surface area contributed by atoms with Gasteiger partial charge in [0.2, 0.25) is 0 Å². The first-order chi connectivity index (χ1) is 11.7. The Morgan fingerprint density at radius 2 is 2.00 bits per heavy atom. The lowest BCUT2D eigenvalue weighted by molar-refractivity contribution is -0.0298. The fourth-order valence-electron chi connectivity index (χ4n) is 4.31. The molecular weight excluding hydrogens is 298 g/mol. The Balaban J connectivity index is 1.52. The molecule has 1 saturated carbocycles. The van der Waals surface area contributed by atoms with E-state index < -0.39 is 0 Å². The van der Waals surface area contributed by atoms with E-state index in [9.17, 15) is 0 Å².